The van der Waals surface area contributed by atoms with Crippen LogP contribution in [0.3, 0.4) is 0 Å². The Balaban J connectivity index is 1.84. The summed E-state index contributed by atoms with van der Waals surface area (Å²) in [4.78, 5) is 11.5. The Morgan fingerprint density at radius 1 is 1.13 bits per heavy atom. The van der Waals surface area contributed by atoms with Crippen molar-refractivity contribution in [1.29, 1.82) is 0 Å². The van der Waals surface area contributed by atoms with Gasteiger partial charge in [0.25, 0.3) is 0 Å². The maximum absolute atomic E-state index is 14.0. The smallest absolute Gasteiger partial charge is 0.323 e. The minimum absolute atomic E-state index is 0.213. The molecule has 0 bridgehead atoms. The van der Waals surface area contributed by atoms with E-state index in [1.165, 1.54) is 12.1 Å². The van der Waals surface area contributed by atoms with Crippen LogP contribution in [-0.2, 0) is 27.6 Å². The quantitative estimate of drug-likeness (QED) is 0.470. The van der Waals surface area contributed by atoms with E-state index >= 15 is 0 Å². The highest BCUT2D eigenvalue weighted by Gasteiger charge is 2.25. The molecule has 4 aromatic rings. The first-order valence-electron chi connectivity index (χ1n) is 9.14. The molecule has 5 nitrogen and oxygen atoms in total. The van der Waals surface area contributed by atoms with Gasteiger partial charge in [-0.2, -0.15) is 0 Å². The summed E-state index contributed by atoms with van der Waals surface area (Å²) in [6, 6.07) is 14.2. The summed E-state index contributed by atoms with van der Waals surface area (Å²) in [7, 11) is -3.69. The largest absolute Gasteiger partial charge is 0.480 e. The zero-order valence-electron chi connectivity index (χ0n) is 16.0. The summed E-state index contributed by atoms with van der Waals surface area (Å²) >= 11 is 1.14. The van der Waals surface area contributed by atoms with E-state index in [0.717, 1.165) is 11.3 Å². The van der Waals surface area contributed by atoms with Crippen LogP contribution in [0.2, 0.25) is 0 Å². The molecule has 4 rings (SSSR count). The van der Waals surface area contributed by atoms with Crippen molar-refractivity contribution in [2.45, 2.75) is 29.0 Å². The third-order valence-corrected chi connectivity index (χ3v) is 8.42. The van der Waals surface area contributed by atoms with E-state index < -0.39 is 21.6 Å². The SMILES string of the molecule is Cc1c(Cc2ccsc2S(=O)(=O)c2ccccc2)c2cc(F)ccc2n1CC(=O)O. The molecule has 0 radical (unpaired) electrons. The van der Waals surface area contributed by atoms with E-state index in [9.17, 15) is 22.7 Å². The van der Waals surface area contributed by atoms with E-state index in [1.807, 2.05) is 0 Å². The lowest BCUT2D eigenvalue weighted by Gasteiger charge is -2.08. The fourth-order valence-corrected chi connectivity index (χ4v) is 6.50. The van der Waals surface area contributed by atoms with Crippen LogP contribution >= 0.6 is 11.3 Å². The van der Waals surface area contributed by atoms with Crippen molar-refractivity contribution < 1.29 is 22.7 Å². The third-order valence-electron chi connectivity index (χ3n) is 5.08. The molecule has 2 aromatic carbocycles. The van der Waals surface area contributed by atoms with Crippen molar-refractivity contribution in [2.24, 2.45) is 0 Å². The maximum atomic E-state index is 14.0. The van der Waals surface area contributed by atoms with Gasteiger partial charge in [0.1, 0.15) is 16.6 Å². The molecule has 1 N–H and O–H groups in total. The van der Waals surface area contributed by atoms with E-state index in [4.69, 9.17) is 0 Å². The van der Waals surface area contributed by atoms with Gasteiger partial charge in [-0.05, 0) is 59.8 Å². The van der Waals surface area contributed by atoms with E-state index in [0.29, 0.717) is 27.7 Å². The molecule has 0 amide bonds. The molecule has 0 unspecified atom stereocenters. The first kappa shape index (κ1) is 20.3. The van der Waals surface area contributed by atoms with Gasteiger partial charge < -0.3 is 9.67 Å². The second kappa shape index (κ2) is 7.70. The molecule has 0 spiro atoms. The van der Waals surface area contributed by atoms with Gasteiger partial charge in [-0.15, -0.1) is 11.3 Å². The number of aliphatic carboxylic acids is 1. The minimum atomic E-state index is -3.69. The van der Waals surface area contributed by atoms with Crippen molar-refractivity contribution in [3.63, 3.8) is 0 Å². The van der Waals surface area contributed by atoms with Crippen LogP contribution in [0.5, 0.6) is 0 Å². The van der Waals surface area contributed by atoms with Crippen LogP contribution < -0.4 is 0 Å². The van der Waals surface area contributed by atoms with Crippen LogP contribution in [0, 0.1) is 12.7 Å². The van der Waals surface area contributed by atoms with Gasteiger partial charge in [0.2, 0.25) is 9.84 Å². The van der Waals surface area contributed by atoms with E-state index in [1.54, 1.807) is 59.3 Å². The first-order valence-corrected chi connectivity index (χ1v) is 11.5. The molecule has 0 atom stereocenters. The van der Waals surface area contributed by atoms with Crippen molar-refractivity contribution >= 4 is 38.0 Å². The van der Waals surface area contributed by atoms with Crippen LogP contribution in [0.1, 0.15) is 16.8 Å². The predicted octanol–water partition coefficient (Wildman–Crippen LogP) is 4.66. The fraction of sp³-hybridized carbons (Fsp3) is 0.136. The summed E-state index contributed by atoms with van der Waals surface area (Å²) in [5.41, 5.74) is 2.60. The molecule has 0 saturated heterocycles. The Kier molecular flexibility index (Phi) is 5.21. The highest BCUT2D eigenvalue weighted by molar-refractivity contribution is 7.93. The second-order valence-corrected chi connectivity index (χ2v) is 9.99. The summed E-state index contributed by atoms with van der Waals surface area (Å²) < 4.78 is 42.1. The molecule has 0 aliphatic carbocycles. The van der Waals surface area contributed by atoms with Crippen LogP contribution in [0.15, 0.2) is 69.1 Å². The molecule has 0 saturated carbocycles. The summed E-state index contributed by atoms with van der Waals surface area (Å²) in [6.45, 7) is 1.51. The normalized spacial score (nSPS) is 11.8. The minimum Gasteiger partial charge on any atom is -0.480 e. The van der Waals surface area contributed by atoms with Gasteiger partial charge in [-0.3, -0.25) is 4.79 Å². The molecule has 30 heavy (non-hydrogen) atoms. The number of nitrogens with zero attached hydrogens (tertiary/aromatic N) is 1. The number of rotatable bonds is 6. The molecular weight excluding hydrogens is 425 g/mol. The number of carbonyl (C=O) groups is 1. The second-order valence-electron chi connectivity index (χ2n) is 6.93. The Morgan fingerprint density at radius 2 is 1.87 bits per heavy atom. The molecule has 154 valence electrons. The van der Waals surface area contributed by atoms with Crippen molar-refractivity contribution in [2.75, 3.05) is 0 Å². The zero-order chi connectivity index (χ0) is 21.5. The average Bonchev–Trinajstić information content (AvgIpc) is 3.28. The van der Waals surface area contributed by atoms with Gasteiger partial charge in [0, 0.05) is 23.0 Å². The van der Waals surface area contributed by atoms with Gasteiger partial charge in [-0.25, -0.2) is 12.8 Å². The molecule has 0 fully saturated rings. The number of fused-ring (bicyclic) bond motifs is 1. The average molecular weight is 444 g/mol. The predicted molar refractivity (Wildman–Crippen MR) is 113 cm³/mol. The number of halogens is 1. The lowest BCUT2D eigenvalue weighted by molar-refractivity contribution is -0.137. The highest BCUT2D eigenvalue weighted by atomic mass is 32.2. The molecule has 2 heterocycles. The monoisotopic (exact) mass is 443 g/mol. The Bertz CT molecular complexity index is 1350. The Labute approximate surface area is 176 Å². The summed E-state index contributed by atoms with van der Waals surface area (Å²) in [5, 5.41) is 11.6. The first-order chi connectivity index (χ1) is 14.3. The van der Waals surface area contributed by atoms with Crippen LogP contribution in [0.25, 0.3) is 10.9 Å². The number of carboxylic acid groups (broad SMARTS) is 1. The van der Waals surface area contributed by atoms with E-state index in [-0.39, 0.29) is 22.1 Å². The fourth-order valence-electron chi connectivity index (χ4n) is 3.67. The Hall–Kier alpha value is -2.97. The maximum Gasteiger partial charge on any atom is 0.323 e. The number of benzene rings is 2. The highest BCUT2D eigenvalue weighted by Crippen LogP contribution is 2.34. The topological polar surface area (TPSA) is 76.4 Å². The van der Waals surface area contributed by atoms with Gasteiger partial charge in [-0.1, -0.05) is 18.2 Å². The number of sulfone groups is 1. The Morgan fingerprint density at radius 3 is 2.57 bits per heavy atom. The molecule has 8 heteroatoms. The lowest BCUT2D eigenvalue weighted by atomic mass is 10.0. The standard InChI is InChI=1S/C22H18FNO4S2/c1-14-18(19-12-16(23)7-8-20(19)24(14)13-21(25)26)11-15-9-10-29-22(15)30(27,28)17-5-3-2-4-6-17/h2-10,12H,11,13H2,1H3,(H,25,26). The number of hydrogen-bond donors (Lipinski definition) is 1. The van der Waals surface area contributed by atoms with Crippen LogP contribution in [-0.4, -0.2) is 24.1 Å². The third kappa shape index (κ3) is 3.53. The van der Waals surface area contributed by atoms with Crippen LogP contribution in [0.4, 0.5) is 4.39 Å². The van der Waals surface area contributed by atoms with Gasteiger partial charge in [0.05, 0.1) is 4.90 Å². The number of thiophene rings is 1. The number of aromatic nitrogens is 1. The van der Waals surface area contributed by atoms with Crippen molar-refractivity contribution in [3.8, 4) is 0 Å². The van der Waals surface area contributed by atoms with Crippen molar-refractivity contribution in [3.05, 3.63) is 82.6 Å². The molecular formula is C22H18FNO4S2. The lowest BCUT2D eigenvalue weighted by Crippen LogP contribution is -2.10. The summed E-state index contributed by atoms with van der Waals surface area (Å²) in [6.07, 6.45) is 0.253. The number of hydrogen-bond acceptors (Lipinski definition) is 4. The van der Waals surface area contributed by atoms with E-state index in [2.05, 4.69) is 0 Å². The molecule has 0 aliphatic heterocycles. The zero-order valence-corrected chi connectivity index (χ0v) is 17.6. The van der Waals surface area contributed by atoms with Gasteiger partial charge >= 0.3 is 5.97 Å². The summed E-state index contributed by atoms with van der Waals surface area (Å²) in [5.74, 6) is -1.44. The molecule has 0 aliphatic rings. The molecule has 2 aromatic heterocycles. The number of carboxylic acids is 1. The van der Waals surface area contributed by atoms with Gasteiger partial charge in [0.15, 0.2) is 0 Å². The van der Waals surface area contributed by atoms with Crippen molar-refractivity contribution in [1.82, 2.24) is 4.57 Å².